The van der Waals surface area contributed by atoms with Gasteiger partial charge < -0.3 is 10.8 Å². The first-order valence-electron chi connectivity index (χ1n) is 2.95. The quantitative estimate of drug-likeness (QED) is 0.775. The van der Waals surface area contributed by atoms with Crippen LogP contribution >= 0.6 is 22.6 Å². The van der Waals surface area contributed by atoms with Gasteiger partial charge in [0, 0.05) is 3.57 Å². The van der Waals surface area contributed by atoms with E-state index >= 15 is 0 Å². The van der Waals surface area contributed by atoms with Crippen molar-refractivity contribution in [3.05, 3.63) is 15.3 Å². The molecule has 0 unspecified atom stereocenters. The highest BCUT2D eigenvalue weighted by molar-refractivity contribution is 14.1. The molecule has 0 atom stereocenters. The zero-order chi connectivity index (χ0) is 9.30. The number of anilines is 1. The van der Waals surface area contributed by atoms with Gasteiger partial charge in [0.1, 0.15) is 5.69 Å². The monoisotopic (exact) mass is 286 g/mol. The standard InChI is InChI=1S/C6H5F2IN2O/c7-5(8)4-2(9)1-3(12)6(10)11-4/h1,5,12H,(H2,10,11). The van der Waals surface area contributed by atoms with Gasteiger partial charge >= 0.3 is 0 Å². The second kappa shape index (κ2) is 3.38. The first-order chi connectivity index (χ1) is 5.52. The number of aromatic hydroxyl groups is 1. The van der Waals surface area contributed by atoms with E-state index in [1.807, 2.05) is 0 Å². The van der Waals surface area contributed by atoms with Gasteiger partial charge in [-0.15, -0.1) is 0 Å². The van der Waals surface area contributed by atoms with Crippen LogP contribution in [0.15, 0.2) is 6.07 Å². The van der Waals surface area contributed by atoms with E-state index in [2.05, 4.69) is 4.98 Å². The summed E-state index contributed by atoms with van der Waals surface area (Å²) in [5.74, 6) is -0.547. The fourth-order valence-electron chi connectivity index (χ4n) is 0.661. The van der Waals surface area contributed by atoms with Crippen LogP contribution < -0.4 is 5.73 Å². The van der Waals surface area contributed by atoms with Crippen LogP contribution in [0, 0.1) is 3.57 Å². The maximum absolute atomic E-state index is 12.1. The number of nitrogen functional groups attached to an aromatic ring is 1. The van der Waals surface area contributed by atoms with Gasteiger partial charge in [-0.25, -0.2) is 13.8 Å². The molecular weight excluding hydrogens is 281 g/mol. The first-order valence-corrected chi connectivity index (χ1v) is 4.03. The highest BCUT2D eigenvalue weighted by atomic mass is 127. The molecule has 3 nitrogen and oxygen atoms in total. The SMILES string of the molecule is Nc1nc(C(F)F)c(I)cc1O. The van der Waals surface area contributed by atoms with Gasteiger partial charge in [-0.1, -0.05) is 0 Å². The molecule has 0 saturated heterocycles. The highest BCUT2D eigenvalue weighted by Gasteiger charge is 2.15. The highest BCUT2D eigenvalue weighted by Crippen LogP contribution is 2.28. The van der Waals surface area contributed by atoms with E-state index in [0.717, 1.165) is 6.07 Å². The Bertz CT molecular complexity index is 306. The van der Waals surface area contributed by atoms with Crippen molar-refractivity contribution in [2.24, 2.45) is 0 Å². The lowest BCUT2D eigenvalue weighted by atomic mass is 10.3. The lowest BCUT2D eigenvalue weighted by molar-refractivity contribution is 0.145. The van der Waals surface area contributed by atoms with E-state index in [1.54, 1.807) is 22.6 Å². The molecule has 3 N–H and O–H groups in total. The average molecular weight is 286 g/mol. The van der Waals surface area contributed by atoms with Crippen molar-refractivity contribution in [2.75, 3.05) is 5.73 Å². The van der Waals surface area contributed by atoms with E-state index in [-0.39, 0.29) is 15.1 Å². The van der Waals surface area contributed by atoms with Gasteiger partial charge in [-0.3, -0.25) is 0 Å². The predicted molar refractivity (Wildman–Crippen MR) is 48.0 cm³/mol. The number of halogens is 3. The van der Waals surface area contributed by atoms with E-state index in [0.29, 0.717) is 0 Å². The Morgan fingerprint density at radius 1 is 1.58 bits per heavy atom. The molecule has 0 bridgehead atoms. The molecule has 0 radical (unpaired) electrons. The van der Waals surface area contributed by atoms with Crippen molar-refractivity contribution < 1.29 is 13.9 Å². The van der Waals surface area contributed by atoms with Crippen LogP contribution in [0.4, 0.5) is 14.6 Å². The second-order valence-corrected chi connectivity index (χ2v) is 3.22. The van der Waals surface area contributed by atoms with E-state index < -0.39 is 12.1 Å². The third-order valence-electron chi connectivity index (χ3n) is 1.22. The molecule has 0 aliphatic heterocycles. The number of hydrogen-bond acceptors (Lipinski definition) is 3. The number of alkyl halides is 2. The van der Waals surface area contributed by atoms with Gasteiger partial charge in [0.25, 0.3) is 6.43 Å². The summed E-state index contributed by atoms with van der Waals surface area (Å²) in [5, 5.41) is 8.97. The average Bonchev–Trinajstić information content (AvgIpc) is 1.96. The van der Waals surface area contributed by atoms with Crippen LogP contribution in [-0.4, -0.2) is 10.1 Å². The Morgan fingerprint density at radius 3 is 2.67 bits per heavy atom. The minimum Gasteiger partial charge on any atom is -0.504 e. The van der Waals surface area contributed by atoms with E-state index in [9.17, 15) is 8.78 Å². The third kappa shape index (κ3) is 1.74. The Kier molecular flexibility index (Phi) is 2.65. The van der Waals surface area contributed by atoms with Crippen LogP contribution in [0.3, 0.4) is 0 Å². The molecule has 66 valence electrons. The van der Waals surface area contributed by atoms with Crippen molar-refractivity contribution >= 4 is 28.4 Å². The van der Waals surface area contributed by atoms with Crippen molar-refractivity contribution in [3.8, 4) is 5.75 Å². The van der Waals surface area contributed by atoms with Crippen LogP contribution in [-0.2, 0) is 0 Å². The van der Waals surface area contributed by atoms with Gasteiger partial charge in [0.05, 0.1) is 0 Å². The molecule has 0 aromatic carbocycles. The Labute approximate surface area is 80.7 Å². The van der Waals surface area contributed by atoms with Gasteiger partial charge in [0.2, 0.25) is 0 Å². The summed E-state index contributed by atoms with van der Waals surface area (Å²) in [7, 11) is 0. The lowest BCUT2D eigenvalue weighted by Gasteiger charge is -2.04. The number of aromatic nitrogens is 1. The molecule has 0 amide bonds. The Morgan fingerprint density at radius 2 is 2.17 bits per heavy atom. The Balaban J connectivity index is 3.23. The molecule has 1 aromatic rings. The smallest absolute Gasteiger partial charge is 0.281 e. The topological polar surface area (TPSA) is 59.1 Å². The maximum Gasteiger partial charge on any atom is 0.281 e. The molecule has 1 heterocycles. The van der Waals surface area contributed by atoms with Crippen LogP contribution in [0.5, 0.6) is 5.75 Å². The summed E-state index contributed by atoms with van der Waals surface area (Å²) in [4.78, 5) is 3.34. The summed E-state index contributed by atoms with van der Waals surface area (Å²) < 4.78 is 24.5. The summed E-state index contributed by atoms with van der Waals surface area (Å²) in [6.07, 6.45) is -2.67. The fraction of sp³-hybridized carbons (Fsp3) is 0.167. The van der Waals surface area contributed by atoms with Gasteiger partial charge in [-0.05, 0) is 28.7 Å². The van der Waals surface area contributed by atoms with Crippen molar-refractivity contribution in [3.63, 3.8) is 0 Å². The number of hydrogen-bond donors (Lipinski definition) is 2. The largest absolute Gasteiger partial charge is 0.504 e. The zero-order valence-electron chi connectivity index (χ0n) is 5.76. The zero-order valence-corrected chi connectivity index (χ0v) is 7.92. The molecule has 0 aliphatic carbocycles. The van der Waals surface area contributed by atoms with Crippen LogP contribution in [0.2, 0.25) is 0 Å². The Hall–Kier alpha value is -0.660. The molecule has 6 heteroatoms. The van der Waals surface area contributed by atoms with Crippen LogP contribution in [0.25, 0.3) is 0 Å². The molecular formula is C6H5F2IN2O. The molecule has 0 saturated carbocycles. The minimum absolute atomic E-state index is 0.203. The molecule has 12 heavy (non-hydrogen) atoms. The van der Waals surface area contributed by atoms with Gasteiger partial charge in [0.15, 0.2) is 11.6 Å². The predicted octanol–water partition coefficient (Wildman–Crippen LogP) is 1.91. The normalized spacial score (nSPS) is 10.7. The minimum atomic E-state index is -2.67. The maximum atomic E-state index is 12.1. The first kappa shape index (κ1) is 9.43. The fourth-order valence-corrected chi connectivity index (χ4v) is 1.31. The number of nitrogens with zero attached hydrogens (tertiary/aromatic N) is 1. The molecule has 0 fully saturated rings. The summed E-state index contributed by atoms with van der Waals surface area (Å²) in [6.45, 7) is 0. The molecule has 1 aromatic heterocycles. The number of rotatable bonds is 1. The van der Waals surface area contributed by atoms with Crippen molar-refractivity contribution in [1.82, 2.24) is 4.98 Å². The van der Waals surface area contributed by atoms with Crippen molar-refractivity contribution in [2.45, 2.75) is 6.43 Å². The summed E-state index contributed by atoms with van der Waals surface area (Å²) in [6, 6.07) is 1.16. The lowest BCUT2D eigenvalue weighted by Crippen LogP contribution is -1.99. The molecule has 0 aliphatic rings. The molecule has 1 rings (SSSR count). The van der Waals surface area contributed by atoms with Gasteiger partial charge in [-0.2, -0.15) is 0 Å². The third-order valence-corrected chi connectivity index (χ3v) is 2.08. The molecule has 0 spiro atoms. The second-order valence-electron chi connectivity index (χ2n) is 2.06. The van der Waals surface area contributed by atoms with Crippen LogP contribution in [0.1, 0.15) is 12.1 Å². The summed E-state index contributed by atoms with van der Waals surface area (Å²) in [5.41, 5.74) is 4.73. The number of pyridine rings is 1. The summed E-state index contributed by atoms with van der Waals surface area (Å²) >= 11 is 1.66. The number of nitrogens with two attached hydrogens (primary N) is 1. The van der Waals surface area contributed by atoms with E-state index in [4.69, 9.17) is 10.8 Å². The van der Waals surface area contributed by atoms with Crippen molar-refractivity contribution in [1.29, 1.82) is 0 Å². The van der Waals surface area contributed by atoms with E-state index in [1.165, 1.54) is 0 Å².